The molecule has 760 valence electrons. The predicted molar refractivity (Wildman–Crippen MR) is 541 cm³/mol. The van der Waals surface area contributed by atoms with Crippen molar-refractivity contribution in [1.82, 2.24) is 36.4 Å². The Morgan fingerprint density at radius 1 is 0.453 bits per heavy atom. The number of carbonyl (C=O) groups excluding carboxylic acids is 13. The van der Waals surface area contributed by atoms with Gasteiger partial charge in [0.05, 0.1) is 31.2 Å². The Morgan fingerprint density at radius 2 is 0.766 bits per heavy atom. The van der Waals surface area contributed by atoms with E-state index in [9.17, 15) is 67.1 Å². The number of esters is 1. The van der Waals surface area contributed by atoms with E-state index in [0.29, 0.717) is 88.4 Å². The summed E-state index contributed by atoms with van der Waals surface area (Å²) in [5.74, 6) is -6.41. The van der Waals surface area contributed by atoms with E-state index >= 15 is 0 Å². The van der Waals surface area contributed by atoms with Crippen molar-refractivity contribution in [3.8, 4) is 33.4 Å². The molecule has 3 heterocycles. The molecule has 8 N–H and O–H groups in total. The molecule has 9 rings (SSSR count). The Morgan fingerprint density at radius 3 is 1.11 bits per heavy atom. The Kier molecular flexibility index (Phi) is 52.1. The zero-order valence-corrected chi connectivity index (χ0v) is 85.3. The van der Waals surface area contributed by atoms with Crippen molar-refractivity contribution in [2.45, 2.75) is 324 Å². The van der Waals surface area contributed by atoms with E-state index < -0.39 is 101 Å². The van der Waals surface area contributed by atoms with Gasteiger partial charge in [-0.1, -0.05) is 187 Å². The average molecular weight is 1990 g/mol. The topological polar surface area (TPSA) is 380 Å². The number of rotatable bonds is 22. The van der Waals surface area contributed by atoms with Crippen LogP contribution in [-0.4, -0.2) is 167 Å². The number of fused-ring (bicyclic) bond motifs is 15. The first kappa shape index (κ1) is 124. The number of hydrogen-bond donors (Lipinski definition) is 7. The number of amides is 7. The number of aryl methyl sites for hydroxylation is 6. The average Bonchev–Trinajstić information content (AvgIpc) is 0.787. The van der Waals surface area contributed by atoms with Gasteiger partial charge in [-0.25, -0.2) is 14.4 Å². The van der Waals surface area contributed by atoms with Crippen molar-refractivity contribution in [1.29, 1.82) is 0 Å². The fourth-order valence-corrected chi connectivity index (χ4v) is 16.5. The Labute approximate surface area is 831 Å². The Bertz CT molecular complexity index is 4910. The van der Waals surface area contributed by atoms with Crippen LogP contribution in [-0.2, 0) is 111 Å². The van der Waals surface area contributed by atoms with Crippen LogP contribution >= 0.6 is 0 Å². The first-order valence-electron chi connectivity index (χ1n) is 46.5. The minimum atomic E-state index is -0.975. The summed E-state index contributed by atoms with van der Waals surface area (Å²) >= 11 is 0. The molecule has 27 heteroatoms. The minimum absolute atomic E-state index is 0. The number of ether oxygens (including phenoxy) is 3. The van der Waals surface area contributed by atoms with Gasteiger partial charge in [-0.05, 0) is 267 Å². The number of carboxylic acids is 1. The molecular weight excluding hydrogens is 1830 g/mol. The van der Waals surface area contributed by atoms with Crippen LogP contribution in [0, 0.1) is 78.6 Å². The Balaban J connectivity index is 0.000000979. The van der Waals surface area contributed by atoms with Gasteiger partial charge in [-0.15, -0.1) is 0 Å². The fourth-order valence-electron chi connectivity index (χ4n) is 16.5. The van der Waals surface area contributed by atoms with Crippen molar-refractivity contribution in [3.05, 3.63) is 183 Å². The largest absolute Gasteiger partial charge is 0.481 e. The van der Waals surface area contributed by atoms with Gasteiger partial charge in [-0.2, -0.15) is 0 Å². The van der Waals surface area contributed by atoms with Crippen molar-refractivity contribution in [2.24, 2.45) is 35.3 Å². The molecule has 6 aromatic rings. The van der Waals surface area contributed by atoms with Gasteiger partial charge in [0.2, 0.25) is 29.5 Å². The number of unbranched alkanes of at least 4 members (excludes halogenated alkanes) is 3. The van der Waals surface area contributed by atoms with Gasteiger partial charge in [-0.3, -0.25) is 52.7 Å². The number of alkyl carbamates (subject to hydrolysis) is 2. The van der Waals surface area contributed by atoms with E-state index in [1.807, 2.05) is 133 Å². The van der Waals surface area contributed by atoms with Crippen molar-refractivity contribution >= 4 is 82.6 Å². The molecule has 0 unspecified atom stereocenters. The minimum Gasteiger partial charge on any atom is -0.481 e. The van der Waals surface area contributed by atoms with Gasteiger partial charge in [0.15, 0.2) is 23.1 Å². The zero-order chi connectivity index (χ0) is 98.7. The van der Waals surface area contributed by atoms with Crippen molar-refractivity contribution in [2.75, 3.05) is 34.3 Å². The van der Waals surface area contributed by atoms with Crippen LogP contribution in [0.3, 0.4) is 0 Å². The number of nitrogens with zero attached hydrogens (tertiary/aromatic N) is 2. The molecule has 6 aromatic carbocycles. The third kappa shape index (κ3) is 37.4. The van der Waals surface area contributed by atoms with Gasteiger partial charge >= 0.3 is 24.1 Å². The maximum Gasteiger partial charge on any atom is 0.407 e. The molecule has 0 aromatic heterocycles. The third-order valence-electron chi connectivity index (χ3n) is 24.6. The second-order valence-electron chi connectivity index (χ2n) is 38.3. The number of aliphatic carboxylic acids is 1. The fraction of sp³-hybridized carbons (Fsp3) is 0.536. The first-order valence-corrected chi connectivity index (χ1v) is 46.5. The molecule has 7 amide bonds. The maximum atomic E-state index is 14.0. The number of ketones is 5. The van der Waals surface area contributed by atoms with E-state index in [4.69, 9.17) is 25.1 Å². The van der Waals surface area contributed by atoms with Crippen LogP contribution < -0.4 is 32.3 Å². The monoisotopic (exact) mass is 1990 g/mol. The summed E-state index contributed by atoms with van der Waals surface area (Å²) in [7, 11) is 4.53. The SMILES string of the molecule is C.C.C.CC(=O)[C@@H]1Cc2ccc(C)c(c2)-c2cc(ccc2C)[C@H](N(C)C(=O)[C@@H](C)CCCCNC(=O)OC(C)(C)C)C(=O)C[C@@H](C)C(=O)N1.CC(=O)[C@@H]1Cc2ccc(C)c(c2)-c2cc(ccc2C)[C@H](N(C)C(=O)[C@@H](N)CCCCNC(=O)OC(C)(C)C)C(=O)C[C@@H](C)C(=O)N1.CCCC[C@H](C)C(=O)O.CC[C@@H]1C(=O)C[C@@H](C)C(=O)N[C@H](C(=O)OC)Cc2ccc(C)c(c2)-c2cc1ccc2C.[CH3-].[Pd]. The van der Waals surface area contributed by atoms with Gasteiger partial charge in [0, 0.05) is 103 Å². The van der Waals surface area contributed by atoms with Crippen LogP contribution in [0.4, 0.5) is 9.59 Å². The smallest absolute Gasteiger partial charge is 0.407 e. The number of nitrogens with two attached hydrogens (primary N) is 1. The molecule has 137 heavy (non-hydrogen) atoms. The Hall–Kier alpha value is -10.9. The maximum absolute atomic E-state index is 14.0. The molecule has 0 spiro atoms. The van der Waals surface area contributed by atoms with E-state index in [-0.39, 0.29) is 134 Å². The number of methoxy groups -OCH3 is 1. The molecule has 0 saturated carbocycles. The molecule has 0 radical (unpaired) electrons. The number of Topliss-reactive ketones (excluding diaryl/α,β-unsaturated/α-hetero) is 5. The summed E-state index contributed by atoms with van der Waals surface area (Å²) < 4.78 is 15.4. The van der Waals surface area contributed by atoms with Gasteiger partial charge in [0.25, 0.3) is 0 Å². The summed E-state index contributed by atoms with van der Waals surface area (Å²) in [6, 6.07) is 30.9. The second kappa shape index (κ2) is 57.5. The van der Waals surface area contributed by atoms with Crippen LogP contribution in [0.25, 0.3) is 33.4 Å². The first-order chi connectivity index (χ1) is 61.9. The number of likely N-dealkylation sites (N-methyl/N-ethyl adjacent to an activating group) is 2. The quantitative estimate of drug-likeness (QED) is 0.0109. The summed E-state index contributed by atoms with van der Waals surface area (Å²) in [5.41, 5.74) is 22.5. The molecular formula is C110H161N8O18Pd-. The van der Waals surface area contributed by atoms with Gasteiger partial charge in [0.1, 0.15) is 35.1 Å². The van der Waals surface area contributed by atoms with Crippen LogP contribution in [0.15, 0.2) is 109 Å². The number of carboxylic acid groups (broad SMARTS) is 1. The van der Waals surface area contributed by atoms with E-state index in [2.05, 4.69) is 65.6 Å². The summed E-state index contributed by atoms with van der Waals surface area (Å²) in [4.78, 5) is 182. The standard InChI is InChI=1S/C37H51N3O6.C36H50N4O6.C26H31NO4.C7H14O2.3CH4.CH3.Pd/c1-22-13-15-27-19-29(22)30-21-28(16-14-23(30)2)33(32(42)18-25(4)34(43)39-31(20-27)26(5)41)40(9)35(44)24(3)12-10-11-17-38-36(45)46-37(6,7)8;1-21-12-14-25-18-27(21)28-20-26(15-13-22(28)2)32(31(42)17-23(3)33(43)39-30(19-25)24(4)41)40(8)34(44)29(37)11-9-10-16-38-35(45)46-36(5,6)7;1-6-20-19-10-8-16(3)22(14-19)21-12-18(9-7-15(21)2)13-23(26(30)31-5)27-25(29)17(4)11-24(20)28;1-3-4-5-6(2)7(8)9;;;;;/h13-16,19,21,24-25,31,33H,10-12,17-18,20H2,1-9H3,(H,38,45)(H,39,43);12-15,18,20,23,29-30,32H,9-11,16-17,19,37H2,1-8H3,(H,38,45)(H,39,43);7-10,12,14,17,20,23H,6,11,13H2,1-5H3,(H,27,29);6H,3-5H2,1-2H3,(H,8,9);3*1H4;1H3;/q;;;;;;;-1;/t24-,25+,31-,33-;23-,29+,30+,32+;17-,20+,23+;6-;;;;;/m0110...../s1. The molecule has 0 fully saturated rings. The van der Waals surface area contributed by atoms with Gasteiger partial charge < -0.3 is 68.9 Å². The predicted octanol–water partition coefficient (Wildman–Crippen LogP) is 19.3. The number of nitrogens with one attached hydrogen (secondary N) is 5. The molecule has 3 aliphatic rings. The van der Waals surface area contributed by atoms with Crippen LogP contribution in [0.5, 0.6) is 0 Å². The molecule has 0 aliphatic carbocycles. The summed E-state index contributed by atoms with van der Waals surface area (Å²) in [5, 5.41) is 22.4. The number of hydrogen-bond acceptors (Lipinski definition) is 18. The van der Waals surface area contributed by atoms with Crippen LogP contribution in [0.1, 0.15) is 294 Å². The summed E-state index contributed by atoms with van der Waals surface area (Å²) in [6.45, 7) is 39.4. The summed E-state index contributed by atoms with van der Waals surface area (Å²) in [6.07, 6.45) is 7.03. The molecule has 26 nitrogen and oxygen atoms in total. The normalized spacial score (nSPS) is 18.8. The van der Waals surface area contributed by atoms with E-state index in [1.165, 1.54) is 30.8 Å². The number of benzene rings is 6. The van der Waals surface area contributed by atoms with Crippen LogP contribution in [0.2, 0.25) is 0 Å². The molecule has 12 bridgehead atoms. The molecule has 12 atom stereocenters. The third-order valence-corrected chi connectivity index (χ3v) is 24.6. The van der Waals surface area contributed by atoms with Crippen molar-refractivity contribution in [3.63, 3.8) is 0 Å². The molecule has 3 aliphatic heterocycles. The second-order valence-corrected chi connectivity index (χ2v) is 38.3. The molecule has 0 saturated heterocycles. The van der Waals surface area contributed by atoms with E-state index in [1.54, 1.807) is 83.3 Å². The van der Waals surface area contributed by atoms with Crippen molar-refractivity contribution < 1.29 is 107 Å². The number of carbonyl (C=O) groups is 14. The van der Waals surface area contributed by atoms with E-state index in [0.717, 1.165) is 108 Å². The zero-order valence-electron chi connectivity index (χ0n) is 83.7.